The first-order chi connectivity index (χ1) is 13.1. The van der Waals surface area contributed by atoms with Crippen LogP contribution in [0.15, 0.2) is 30.5 Å². The van der Waals surface area contributed by atoms with E-state index in [1.54, 1.807) is 28.4 Å². The molecule has 1 aliphatic rings. The van der Waals surface area contributed by atoms with Crippen molar-refractivity contribution >= 4 is 10.8 Å². The highest BCUT2D eigenvalue weighted by molar-refractivity contribution is 5.94. The van der Waals surface area contributed by atoms with E-state index in [9.17, 15) is 0 Å². The third kappa shape index (κ3) is 2.90. The monoisotopic (exact) mass is 401 g/mol. The minimum absolute atomic E-state index is 0. The first-order valence-corrected chi connectivity index (χ1v) is 8.96. The summed E-state index contributed by atoms with van der Waals surface area (Å²) in [6, 6.07) is 8.24. The fraction of sp³-hybridized carbons (Fsp3) is 0.318. The zero-order chi connectivity index (χ0) is 19.1. The second-order valence-corrected chi connectivity index (χ2v) is 6.67. The Hall–Kier alpha value is -2.66. The van der Waals surface area contributed by atoms with Crippen LogP contribution in [0.3, 0.4) is 0 Å². The Kier molecular flexibility index (Phi) is 5.57. The second kappa shape index (κ2) is 7.76. The number of nitrogens with zero attached hydrogens (tertiary/aromatic N) is 1. The zero-order valence-corrected chi connectivity index (χ0v) is 17.5. The van der Waals surface area contributed by atoms with Crippen LogP contribution in [-0.2, 0) is 13.0 Å². The van der Waals surface area contributed by atoms with Crippen molar-refractivity contribution in [2.45, 2.75) is 19.9 Å². The fourth-order valence-corrected chi connectivity index (χ4v) is 4.09. The molecule has 5 nitrogen and oxygen atoms in total. The lowest BCUT2D eigenvalue weighted by Crippen LogP contribution is -3.00. The first-order valence-electron chi connectivity index (χ1n) is 8.96. The van der Waals surface area contributed by atoms with Crippen LogP contribution in [-0.4, -0.2) is 28.4 Å². The Morgan fingerprint density at radius 2 is 1.50 bits per heavy atom. The highest BCUT2D eigenvalue weighted by atomic mass is 35.5. The van der Waals surface area contributed by atoms with E-state index < -0.39 is 0 Å². The fourth-order valence-electron chi connectivity index (χ4n) is 4.09. The van der Waals surface area contributed by atoms with Gasteiger partial charge in [-0.3, -0.25) is 0 Å². The predicted octanol–water partition coefficient (Wildman–Crippen LogP) is 0.697. The molecule has 28 heavy (non-hydrogen) atoms. The van der Waals surface area contributed by atoms with E-state index in [1.807, 2.05) is 6.07 Å². The van der Waals surface area contributed by atoms with Crippen LogP contribution in [0.4, 0.5) is 0 Å². The van der Waals surface area contributed by atoms with Gasteiger partial charge in [-0.1, -0.05) is 0 Å². The molecule has 0 N–H and O–H groups in total. The molecule has 0 aliphatic carbocycles. The zero-order valence-electron chi connectivity index (χ0n) is 16.8. The van der Waals surface area contributed by atoms with Crippen molar-refractivity contribution in [3.8, 4) is 34.3 Å². The number of fused-ring (bicyclic) bond motifs is 4. The summed E-state index contributed by atoms with van der Waals surface area (Å²) < 4.78 is 24.5. The maximum absolute atomic E-state index is 5.66. The van der Waals surface area contributed by atoms with E-state index in [0.717, 1.165) is 46.7 Å². The van der Waals surface area contributed by atoms with Gasteiger partial charge in [0.05, 0.1) is 39.4 Å². The molecule has 3 aromatic rings. The maximum atomic E-state index is 5.66. The molecular weight excluding hydrogens is 378 g/mol. The summed E-state index contributed by atoms with van der Waals surface area (Å²) in [7, 11) is 6.70. The van der Waals surface area contributed by atoms with E-state index in [1.165, 1.54) is 22.4 Å². The van der Waals surface area contributed by atoms with Crippen molar-refractivity contribution in [1.29, 1.82) is 0 Å². The molecule has 0 spiro atoms. The van der Waals surface area contributed by atoms with Crippen molar-refractivity contribution in [3.05, 3.63) is 41.6 Å². The van der Waals surface area contributed by atoms with E-state index in [2.05, 4.69) is 35.9 Å². The Morgan fingerprint density at radius 1 is 0.821 bits per heavy atom. The molecule has 0 saturated heterocycles. The van der Waals surface area contributed by atoms with Gasteiger partial charge in [0, 0.05) is 17.4 Å². The quantitative estimate of drug-likeness (QED) is 0.603. The lowest BCUT2D eigenvalue weighted by atomic mass is 9.91. The average Bonchev–Trinajstić information content (AvgIpc) is 2.71. The minimum Gasteiger partial charge on any atom is -1.00 e. The van der Waals surface area contributed by atoms with Gasteiger partial charge in [0.1, 0.15) is 0 Å². The van der Waals surface area contributed by atoms with E-state index in [-0.39, 0.29) is 12.4 Å². The normalized spacial score (nSPS) is 11.9. The minimum atomic E-state index is 0. The van der Waals surface area contributed by atoms with Crippen LogP contribution >= 0.6 is 0 Å². The van der Waals surface area contributed by atoms with Crippen LogP contribution < -0.4 is 35.9 Å². The maximum Gasteiger partial charge on any atom is 0.216 e. The highest BCUT2D eigenvalue weighted by Gasteiger charge is 2.29. The smallest absolute Gasteiger partial charge is 0.216 e. The lowest BCUT2D eigenvalue weighted by molar-refractivity contribution is -0.686. The third-order valence-corrected chi connectivity index (χ3v) is 5.40. The molecule has 6 heteroatoms. The van der Waals surface area contributed by atoms with Gasteiger partial charge in [-0.05, 0) is 36.8 Å². The van der Waals surface area contributed by atoms with Crippen LogP contribution in [0.2, 0.25) is 0 Å². The van der Waals surface area contributed by atoms with E-state index in [4.69, 9.17) is 18.9 Å². The molecule has 148 valence electrons. The summed E-state index contributed by atoms with van der Waals surface area (Å²) in [5.41, 5.74) is 4.88. The van der Waals surface area contributed by atoms with Gasteiger partial charge in [0.15, 0.2) is 35.7 Å². The Morgan fingerprint density at radius 3 is 2.14 bits per heavy atom. The number of aromatic nitrogens is 1. The van der Waals surface area contributed by atoms with Gasteiger partial charge in [-0.2, -0.15) is 4.57 Å². The summed E-state index contributed by atoms with van der Waals surface area (Å²) in [5, 5.41) is 2.21. The van der Waals surface area contributed by atoms with E-state index in [0.29, 0.717) is 0 Å². The van der Waals surface area contributed by atoms with Gasteiger partial charge < -0.3 is 31.4 Å². The molecule has 0 saturated carbocycles. The van der Waals surface area contributed by atoms with Crippen LogP contribution in [0.1, 0.15) is 11.1 Å². The molecule has 0 radical (unpaired) electrons. The molecule has 4 rings (SSSR count). The van der Waals surface area contributed by atoms with Crippen molar-refractivity contribution in [3.63, 3.8) is 0 Å². The SMILES string of the molecule is COc1cc2c(cc1OC)-c1c(C)c3ccc(OC)c(OC)c3c[n+]1CC2.[Cl-]. The number of hydrogen-bond acceptors (Lipinski definition) is 4. The largest absolute Gasteiger partial charge is 1.00 e. The third-order valence-electron chi connectivity index (χ3n) is 5.40. The number of methoxy groups -OCH3 is 4. The van der Waals surface area contributed by atoms with Gasteiger partial charge in [0.2, 0.25) is 5.69 Å². The van der Waals surface area contributed by atoms with Crippen molar-refractivity contribution in [2.24, 2.45) is 0 Å². The topological polar surface area (TPSA) is 40.8 Å². The Labute approximate surface area is 171 Å². The van der Waals surface area contributed by atoms with Gasteiger partial charge in [0.25, 0.3) is 0 Å². The standard InChI is InChI=1S/C22H24NO4.ClH/c1-13-15-6-7-18(24-2)22(27-5)17(15)12-23-9-8-14-10-19(25-3)20(26-4)11-16(14)21(13)23;/h6-7,10-12H,8-9H2,1-5H3;1H/q+1;/p-1. The number of ether oxygens (including phenoxy) is 4. The molecule has 2 aromatic carbocycles. The molecule has 0 bridgehead atoms. The number of halogens is 1. The molecular formula is C22H24ClNO4. The molecule has 1 aromatic heterocycles. The summed E-state index contributed by atoms with van der Waals surface area (Å²) in [6.07, 6.45) is 3.10. The van der Waals surface area contributed by atoms with Gasteiger partial charge >= 0.3 is 0 Å². The Bertz CT molecular complexity index is 1050. The van der Waals surface area contributed by atoms with Crippen molar-refractivity contribution in [1.82, 2.24) is 0 Å². The van der Waals surface area contributed by atoms with Crippen molar-refractivity contribution < 1.29 is 35.9 Å². The number of benzene rings is 2. The highest BCUT2D eigenvalue weighted by Crippen LogP contribution is 2.41. The van der Waals surface area contributed by atoms with Gasteiger partial charge in [-0.25, -0.2) is 0 Å². The molecule has 0 fully saturated rings. The first kappa shape index (κ1) is 20.1. The van der Waals surface area contributed by atoms with Crippen molar-refractivity contribution in [2.75, 3.05) is 28.4 Å². The lowest BCUT2D eigenvalue weighted by Gasteiger charge is -2.20. The summed E-state index contributed by atoms with van der Waals surface area (Å²) in [5.74, 6) is 3.03. The second-order valence-electron chi connectivity index (χ2n) is 6.67. The molecule has 0 unspecified atom stereocenters. The van der Waals surface area contributed by atoms with Gasteiger partial charge in [-0.15, -0.1) is 0 Å². The number of rotatable bonds is 4. The predicted molar refractivity (Wildman–Crippen MR) is 104 cm³/mol. The summed E-state index contributed by atoms with van der Waals surface area (Å²) in [6.45, 7) is 3.06. The summed E-state index contributed by atoms with van der Waals surface area (Å²) in [4.78, 5) is 0. The number of pyridine rings is 1. The number of aryl methyl sites for hydroxylation is 3. The van der Waals surface area contributed by atoms with Crippen LogP contribution in [0.5, 0.6) is 23.0 Å². The number of hydrogen-bond donors (Lipinski definition) is 0. The van der Waals surface area contributed by atoms with E-state index >= 15 is 0 Å². The van der Waals surface area contributed by atoms with Crippen LogP contribution in [0.25, 0.3) is 22.0 Å². The molecule has 2 heterocycles. The molecule has 1 aliphatic heterocycles. The molecule has 0 atom stereocenters. The summed E-state index contributed by atoms with van der Waals surface area (Å²) >= 11 is 0. The van der Waals surface area contributed by atoms with Crippen LogP contribution in [0, 0.1) is 6.92 Å². The average molecular weight is 402 g/mol. The molecule has 0 amide bonds. The Balaban J connectivity index is 0.00000225.